The maximum atomic E-state index is 13.0. The zero-order valence-electron chi connectivity index (χ0n) is 19.9. The molecule has 0 radical (unpaired) electrons. The number of hydrogen-bond donors (Lipinski definition) is 1. The molecule has 1 saturated heterocycles. The maximum absolute atomic E-state index is 13.0. The highest BCUT2D eigenvalue weighted by Gasteiger charge is 2.19. The Labute approximate surface area is 209 Å². The summed E-state index contributed by atoms with van der Waals surface area (Å²) >= 11 is 1.55. The van der Waals surface area contributed by atoms with Gasteiger partial charge in [-0.1, -0.05) is 6.07 Å². The van der Waals surface area contributed by atoms with E-state index in [-0.39, 0.29) is 5.91 Å². The van der Waals surface area contributed by atoms with Crippen molar-refractivity contribution in [3.63, 3.8) is 0 Å². The Kier molecular flexibility index (Phi) is 6.74. The fourth-order valence-corrected chi connectivity index (χ4v) is 4.86. The van der Waals surface area contributed by atoms with Crippen molar-refractivity contribution in [2.24, 2.45) is 0 Å². The monoisotopic (exact) mass is 484 g/mol. The summed E-state index contributed by atoms with van der Waals surface area (Å²) in [4.78, 5) is 28.6. The summed E-state index contributed by atoms with van der Waals surface area (Å²) in [6, 6.07) is 17.7. The van der Waals surface area contributed by atoms with Gasteiger partial charge < -0.3 is 15.1 Å². The van der Waals surface area contributed by atoms with Crippen molar-refractivity contribution in [1.29, 1.82) is 0 Å². The van der Waals surface area contributed by atoms with Crippen LogP contribution in [0.3, 0.4) is 0 Å². The third kappa shape index (κ3) is 5.18. The topological polar surface area (TPSA) is 64.6 Å². The standard InChI is InChI=1S/C27H28N6OS/c1-20-5-8-22(18-25(20)33(27-29-12-17-35-27)24-4-3-11-28-19-24)30-26(34)21-6-9-23(10-7-21)32-15-13-31(2)14-16-32/h3-12,17-19H,13-16H2,1-2H3,(H,30,34). The third-order valence-electron chi connectivity index (χ3n) is 6.22. The number of piperazine rings is 1. The van der Waals surface area contributed by atoms with E-state index in [4.69, 9.17) is 0 Å². The van der Waals surface area contributed by atoms with Crippen LogP contribution in [0.2, 0.25) is 0 Å². The molecule has 8 heteroatoms. The summed E-state index contributed by atoms with van der Waals surface area (Å²) in [6.07, 6.45) is 5.35. The number of rotatable bonds is 6. The number of pyridine rings is 1. The molecule has 35 heavy (non-hydrogen) atoms. The molecule has 0 aliphatic carbocycles. The summed E-state index contributed by atoms with van der Waals surface area (Å²) in [6.45, 7) is 6.15. The first-order valence-corrected chi connectivity index (χ1v) is 12.5. The molecule has 1 aliphatic heterocycles. The lowest BCUT2D eigenvalue weighted by molar-refractivity contribution is 0.102. The van der Waals surface area contributed by atoms with E-state index >= 15 is 0 Å². The minimum absolute atomic E-state index is 0.132. The molecule has 0 unspecified atom stereocenters. The van der Waals surface area contributed by atoms with Gasteiger partial charge in [0, 0.05) is 60.9 Å². The minimum atomic E-state index is -0.132. The first-order valence-electron chi connectivity index (χ1n) is 11.6. The highest BCUT2D eigenvalue weighted by atomic mass is 32.1. The van der Waals surface area contributed by atoms with Gasteiger partial charge >= 0.3 is 0 Å². The van der Waals surface area contributed by atoms with Gasteiger partial charge in [-0.25, -0.2) is 4.98 Å². The van der Waals surface area contributed by atoms with E-state index in [2.05, 4.69) is 44.0 Å². The molecule has 0 bridgehead atoms. The Morgan fingerprint density at radius 3 is 2.51 bits per heavy atom. The Morgan fingerprint density at radius 1 is 1.03 bits per heavy atom. The summed E-state index contributed by atoms with van der Waals surface area (Å²) in [5.74, 6) is -0.132. The summed E-state index contributed by atoms with van der Waals surface area (Å²) in [5.41, 5.74) is 5.43. The van der Waals surface area contributed by atoms with Crippen LogP contribution < -0.4 is 15.1 Å². The van der Waals surface area contributed by atoms with Gasteiger partial charge in [0.05, 0.1) is 17.6 Å². The number of nitrogens with one attached hydrogen (secondary N) is 1. The highest BCUT2D eigenvalue weighted by molar-refractivity contribution is 7.13. The lowest BCUT2D eigenvalue weighted by Crippen LogP contribution is -2.44. The second kappa shape index (κ2) is 10.2. The lowest BCUT2D eigenvalue weighted by atomic mass is 10.1. The number of nitrogens with zero attached hydrogens (tertiary/aromatic N) is 5. The number of aromatic nitrogens is 2. The van der Waals surface area contributed by atoms with Gasteiger partial charge in [-0.15, -0.1) is 11.3 Å². The van der Waals surface area contributed by atoms with E-state index in [1.54, 1.807) is 23.7 Å². The fraction of sp³-hybridized carbons (Fsp3) is 0.222. The Bertz CT molecular complexity index is 1270. The van der Waals surface area contributed by atoms with Crippen LogP contribution in [0.5, 0.6) is 0 Å². The zero-order valence-corrected chi connectivity index (χ0v) is 20.7. The SMILES string of the molecule is Cc1ccc(NC(=O)c2ccc(N3CCN(C)CC3)cc2)cc1N(c1cccnc1)c1nccs1. The number of hydrogen-bond acceptors (Lipinski definition) is 7. The van der Waals surface area contributed by atoms with E-state index < -0.39 is 0 Å². The van der Waals surface area contributed by atoms with E-state index in [1.165, 1.54) is 0 Å². The molecule has 5 rings (SSSR count). The predicted octanol–water partition coefficient (Wildman–Crippen LogP) is 5.32. The van der Waals surface area contributed by atoms with E-state index in [0.717, 1.165) is 59.6 Å². The Balaban J connectivity index is 1.36. The zero-order chi connectivity index (χ0) is 24.2. The van der Waals surface area contributed by atoms with Crippen LogP contribution >= 0.6 is 11.3 Å². The fourth-order valence-electron chi connectivity index (χ4n) is 4.18. The molecule has 2 aromatic carbocycles. The second-order valence-electron chi connectivity index (χ2n) is 8.65. The average Bonchev–Trinajstić information content (AvgIpc) is 3.42. The van der Waals surface area contributed by atoms with Gasteiger partial charge in [-0.3, -0.25) is 14.7 Å². The van der Waals surface area contributed by atoms with Crippen LogP contribution in [-0.2, 0) is 0 Å². The van der Waals surface area contributed by atoms with Crippen molar-refractivity contribution in [2.45, 2.75) is 6.92 Å². The number of anilines is 5. The van der Waals surface area contributed by atoms with E-state index in [9.17, 15) is 4.79 Å². The van der Waals surface area contributed by atoms with Crippen LogP contribution in [0.4, 0.5) is 27.9 Å². The quantitative estimate of drug-likeness (QED) is 0.400. The molecule has 1 aliphatic rings. The molecular weight excluding hydrogens is 456 g/mol. The van der Waals surface area contributed by atoms with Crippen molar-refractivity contribution >= 4 is 45.1 Å². The predicted molar refractivity (Wildman–Crippen MR) is 143 cm³/mol. The Morgan fingerprint density at radius 2 is 1.83 bits per heavy atom. The second-order valence-corrected chi connectivity index (χ2v) is 9.53. The highest BCUT2D eigenvalue weighted by Crippen LogP contribution is 2.38. The van der Waals surface area contributed by atoms with Crippen molar-refractivity contribution < 1.29 is 4.79 Å². The number of amides is 1. The van der Waals surface area contributed by atoms with Crippen molar-refractivity contribution in [3.05, 3.63) is 89.7 Å². The van der Waals surface area contributed by atoms with Crippen molar-refractivity contribution in [2.75, 3.05) is 48.3 Å². The molecule has 1 amide bonds. The number of carbonyl (C=O) groups excluding carboxylic acids is 1. The normalized spacial score (nSPS) is 14.1. The van der Waals surface area contributed by atoms with Gasteiger partial charge in [0.25, 0.3) is 5.91 Å². The molecule has 1 N–H and O–H groups in total. The molecule has 4 aromatic rings. The van der Waals surface area contributed by atoms with Crippen LogP contribution in [0.1, 0.15) is 15.9 Å². The summed E-state index contributed by atoms with van der Waals surface area (Å²) in [7, 11) is 2.15. The molecule has 7 nitrogen and oxygen atoms in total. The first kappa shape index (κ1) is 23.0. The van der Waals surface area contributed by atoms with Gasteiger partial charge in [0.1, 0.15) is 0 Å². The molecule has 2 aromatic heterocycles. The average molecular weight is 485 g/mol. The van der Waals surface area contributed by atoms with E-state index in [0.29, 0.717) is 5.56 Å². The van der Waals surface area contributed by atoms with Gasteiger partial charge in [-0.05, 0) is 68.1 Å². The van der Waals surface area contributed by atoms with Crippen LogP contribution in [0.15, 0.2) is 78.6 Å². The molecule has 0 spiro atoms. The van der Waals surface area contributed by atoms with Crippen LogP contribution in [-0.4, -0.2) is 54.0 Å². The molecular formula is C27H28N6OS. The molecule has 3 heterocycles. The van der Waals surface area contributed by atoms with E-state index in [1.807, 2.05) is 66.2 Å². The molecule has 0 atom stereocenters. The van der Waals surface area contributed by atoms with Gasteiger partial charge in [-0.2, -0.15) is 0 Å². The number of aryl methyl sites for hydroxylation is 1. The molecule has 1 fully saturated rings. The number of thiazole rings is 1. The largest absolute Gasteiger partial charge is 0.369 e. The maximum Gasteiger partial charge on any atom is 0.255 e. The summed E-state index contributed by atoms with van der Waals surface area (Å²) in [5, 5.41) is 5.85. The minimum Gasteiger partial charge on any atom is -0.369 e. The lowest BCUT2D eigenvalue weighted by Gasteiger charge is -2.34. The van der Waals surface area contributed by atoms with Gasteiger partial charge in [0.15, 0.2) is 5.13 Å². The first-order chi connectivity index (χ1) is 17.1. The smallest absolute Gasteiger partial charge is 0.255 e. The molecule has 0 saturated carbocycles. The summed E-state index contributed by atoms with van der Waals surface area (Å²) < 4.78 is 0. The number of likely N-dealkylation sites (N-methyl/N-ethyl adjacent to an activating group) is 1. The Hall–Kier alpha value is -3.75. The van der Waals surface area contributed by atoms with Crippen LogP contribution in [0.25, 0.3) is 0 Å². The van der Waals surface area contributed by atoms with Crippen molar-refractivity contribution in [1.82, 2.24) is 14.9 Å². The van der Waals surface area contributed by atoms with Gasteiger partial charge in [0.2, 0.25) is 0 Å². The number of carbonyl (C=O) groups is 1. The van der Waals surface area contributed by atoms with Crippen LogP contribution in [0, 0.1) is 6.92 Å². The third-order valence-corrected chi connectivity index (χ3v) is 6.98. The molecule has 178 valence electrons. The number of benzene rings is 2. The van der Waals surface area contributed by atoms with Crippen molar-refractivity contribution in [3.8, 4) is 0 Å².